The molecule has 2 unspecified atom stereocenters. The monoisotopic (exact) mass is 404 g/mol. The maximum Gasteiger partial charge on any atom is 0.0630 e. The van der Waals surface area contributed by atoms with Crippen molar-refractivity contribution in [2.75, 3.05) is 6.61 Å². The van der Waals surface area contributed by atoms with Crippen molar-refractivity contribution >= 4 is 0 Å². The number of aliphatic hydroxyl groups excluding tert-OH is 2. The van der Waals surface area contributed by atoms with E-state index in [0.29, 0.717) is 6.42 Å². The SMILES string of the molecule is CCCCCC(c1c(C(C)(C)C)cc(C(C)(C)C)cc1C(C)(C)C)C(O)CCO. The summed E-state index contributed by atoms with van der Waals surface area (Å²) in [5.74, 6) is 0.0613. The Kier molecular flexibility index (Phi) is 8.99. The van der Waals surface area contributed by atoms with Crippen LogP contribution >= 0.6 is 0 Å². The van der Waals surface area contributed by atoms with E-state index in [-0.39, 0.29) is 28.8 Å². The van der Waals surface area contributed by atoms with Crippen molar-refractivity contribution in [3.05, 3.63) is 34.4 Å². The van der Waals surface area contributed by atoms with Crippen LogP contribution in [-0.4, -0.2) is 22.9 Å². The van der Waals surface area contributed by atoms with E-state index in [1.807, 2.05) is 0 Å². The normalized spacial score (nSPS) is 15.4. The maximum atomic E-state index is 11.1. The predicted octanol–water partition coefficient (Wildman–Crippen LogP) is 6.99. The topological polar surface area (TPSA) is 40.5 Å². The Bertz CT molecular complexity index is 603. The molecule has 29 heavy (non-hydrogen) atoms. The summed E-state index contributed by atoms with van der Waals surface area (Å²) in [5.41, 5.74) is 5.44. The highest BCUT2D eigenvalue weighted by Crippen LogP contribution is 2.44. The van der Waals surface area contributed by atoms with E-state index in [1.54, 1.807) is 0 Å². The largest absolute Gasteiger partial charge is 0.396 e. The number of unbranched alkanes of at least 4 members (excludes halogenated alkanes) is 2. The number of benzene rings is 1. The lowest BCUT2D eigenvalue weighted by Gasteiger charge is -2.38. The molecule has 0 amide bonds. The first-order chi connectivity index (χ1) is 13.1. The third kappa shape index (κ3) is 7.10. The van der Waals surface area contributed by atoms with Crippen LogP contribution in [0.4, 0.5) is 0 Å². The van der Waals surface area contributed by atoms with Crippen molar-refractivity contribution in [3.63, 3.8) is 0 Å². The summed E-state index contributed by atoms with van der Waals surface area (Å²) in [6, 6.07) is 4.78. The minimum absolute atomic E-state index is 0.0153. The second-order valence-electron chi connectivity index (χ2n) is 11.9. The third-order valence-electron chi connectivity index (χ3n) is 6.04. The molecule has 1 aromatic rings. The molecule has 0 aliphatic carbocycles. The Balaban J connectivity index is 3.84. The first-order valence-corrected chi connectivity index (χ1v) is 11.6. The van der Waals surface area contributed by atoms with Gasteiger partial charge in [0.2, 0.25) is 0 Å². The Hall–Kier alpha value is -0.860. The molecule has 168 valence electrons. The summed E-state index contributed by atoms with van der Waals surface area (Å²) >= 11 is 0. The van der Waals surface area contributed by atoms with Crippen LogP contribution in [-0.2, 0) is 16.2 Å². The second kappa shape index (κ2) is 9.96. The van der Waals surface area contributed by atoms with Gasteiger partial charge in [-0.05, 0) is 51.3 Å². The van der Waals surface area contributed by atoms with E-state index in [2.05, 4.69) is 81.4 Å². The van der Waals surface area contributed by atoms with Crippen molar-refractivity contribution in [3.8, 4) is 0 Å². The highest BCUT2D eigenvalue weighted by Gasteiger charge is 2.34. The molecule has 2 N–H and O–H groups in total. The molecule has 2 nitrogen and oxygen atoms in total. The Morgan fingerprint density at radius 1 is 0.759 bits per heavy atom. The van der Waals surface area contributed by atoms with E-state index in [4.69, 9.17) is 0 Å². The maximum absolute atomic E-state index is 11.1. The number of hydrogen-bond donors (Lipinski definition) is 2. The highest BCUT2D eigenvalue weighted by atomic mass is 16.3. The van der Waals surface area contributed by atoms with Crippen LogP contribution in [0.1, 0.15) is 130 Å². The minimum atomic E-state index is -0.514. The molecule has 0 saturated heterocycles. The first-order valence-electron chi connectivity index (χ1n) is 11.6. The van der Waals surface area contributed by atoms with Gasteiger partial charge in [0.15, 0.2) is 0 Å². The fourth-order valence-electron chi connectivity index (χ4n) is 4.20. The van der Waals surface area contributed by atoms with Gasteiger partial charge in [-0.15, -0.1) is 0 Å². The summed E-state index contributed by atoms with van der Waals surface area (Å²) in [5, 5.41) is 20.7. The molecule has 0 fully saturated rings. The summed E-state index contributed by atoms with van der Waals surface area (Å²) in [6.07, 6.45) is 4.35. The van der Waals surface area contributed by atoms with Crippen molar-refractivity contribution < 1.29 is 10.2 Å². The number of hydrogen-bond acceptors (Lipinski definition) is 2. The smallest absolute Gasteiger partial charge is 0.0630 e. The van der Waals surface area contributed by atoms with Crippen LogP contribution in [0.5, 0.6) is 0 Å². The summed E-state index contributed by atoms with van der Waals surface area (Å²) in [4.78, 5) is 0. The average molecular weight is 405 g/mol. The molecule has 0 radical (unpaired) electrons. The van der Waals surface area contributed by atoms with E-state index < -0.39 is 6.10 Å². The molecule has 0 bridgehead atoms. The van der Waals surface area contributed by atoms with Gasteiger partial charge in [0.1, 0.15) is 0 Å². The van der Waals surface area contributed by atoms with Crippen molar-refractivity contribution in [1.29, 1.82) is 0 Å². The van der Waals surface area contributed by atoms with E-state index in [9.17, 15) is 10.2 Å². The zero-order valence-corrected chi connectivity index (χ0v) is 20.9. The lowest BCUT2D eigenvalue weighted by molar-refractivity contribution is 0.102. The molecule has 1 rings (SSSR count). The quantitative estimate of drug-likeness (QED) is 0.458. The molecule has 0 heterocycles. The lowest BCUT2D eigenvalue weighted by Crippen LogP contribution is -2.30. The summed E-state index contributed by atoms with van der Waals surface area (Å²) < 4.78 is 0. The van der Waals surface area contributed by atoms with Crippen LogP contribution in [0.2, 0.25) is 0 Å². The fourth-order valence-corrected chi connectivity index (χ4v) is 4.20. The minimum Gasteiger partial charge on any atom is -0.396 e. The third-order valence-corrected chi connectivity index (χ3v) is 6.04. The van der Waals surface area contributed by atoms with Gasteiger partial charge in [-0.3, -0.25) is 0 Å². The molecule has 0 spiro atoms. The number of rotatable bonds is 8. The van der Waals surface area contributed by atoms with Crippen molar-refractivity contribution in [1.82, 2.24) is 0 Å². The van der Waals surface area contributed by atoms with Crippen LogP contribution < -0.4 is 0 Å². The van der Waals surface area contributed by atoms with Gasteiger partial charge in [0, 0.05) is 12.5 Å². The average Bonchev–Trinajstić information content (AvgIpc) is 2.55. The Morgan fingerprint density at radius 3 is 1.59 bits per heavy atom. The van der Waals surface area contributed by atoms with Gasteiger partial charge >= 0.3 is 0 Å². The molecular weight excluding hydrogens is 356 g/mol. The van der Waals surface area contributed by atoms with Crippen LogP contribution in [0.25, 0.3) is 0 Å². The molecule has 2 atom stereocenters. The van der Waals surface area contributed by atoms with Gasteiger partial charge in [0.05, 0.1) is 6.10 Å². The van der Waals surface area contributed by atoms with Crippen molar-refractivity contribution in [2.45, 2.75) is 130 Å². The lowest BCUT2D eigenvalue weighted by atomic mass is 9.68. The van der Waals surface area contributed by atoms with E-state index in [0.717, 1.165) is 12.8 Å². The summed E-state index contributed by atoms with van der Waals surface area (Å²) in [6.45, 7) is 22.8. The van der Waals surface area contributed by atoms with E-state index in [1.165, 1.54) is 35.1 Å². The zero-order chi connectivity index (χ0) is 22.6. The standard InChI is InChI=1S/C27H48O2/c1-11-12-13-14-20(23(29)15-16-28)24-21(26(5,6)7)17-19(25(2,3)4)18-22(24)27(8,9)10/h17-18,20,23,28-29H,11-16H2,1-10H3. The molecule has 0 aliphatic heterocycles. The molecular formula is C27H48O2. The second-order valence-corrected chi connectivity index (χ2v) is 11.9. The van der Waals surface area contributed by atoms with Crippen LogP contribution in [0.3, 0.4) is 0 Å². The number of aliphatic hydroxyl groups is 2. The highest BCUT2D eigenvalue weighted by molar-refractivity contribution is 5.49. The van der Waals surface area contributed by atoms with Gasteiger partial charge in [-0.25, -0.2) is 0 Å². The van der Waals surface area contributed by atoms with Crippen molar-refractivity contribution in [2.24, 2.45) is 0 Å². The predicted molar refractivity (Wildman–Crippen MR) is 127 cm³/mol. The van der Waals surface area contributed by atoms with Gasteiger partial charge in [0.25, 0.3) is 0 Å². The van der Waals surface area contributed by atoms with Crippen LogP contribution in [0.15, 0.2) is 12.1 Å². The molecule has 0 aromatic heterocycles. The molecule has 0 aliphatic rings. The summed E-state index contributed by atoms with van der Waals surface area (Å²) in [7, 11) is 0. The molecule has 2 heteroatoms. The fraction of sp³-hybridized carbons (Fsp3) is 0.778. The Morgan fingerprint density at radius 2 is 1.24 bits per heavy atom. The molecule has 1 aromatic carbocycles. The van der Waals surface area contributed by atoms with Gasteiger partial charge in [-0.2, -0.15) is 0 Å². The Labute approximate surface area is 181 Å². The molecule has 0 saturated carbocycles. The first kappa shape index (κ1) is 26.2. The van der Waals surface area contributed by atoms with Gasteiger partial charge < -0.3 is 10.2 Å². The van der Waals surface area contributed by atoms with Crippen LogP contribution in [0, 0.1) is 0 Å². The zero-order valence-electron chi connectivity index (χ0n) is 20.9. The van der Waals surface area contributed by atoms with Gasteiger partial charge in [-0.1, -0.05) is 101 Å². The van der Waals surface area contributed by atoms with E-state index >= 15 is 0 Å².